The Morgan fingerprint density at radius 3 is 2.94 bits per heavy atom. The average Bonchev–Trinajstić information content (AvgIpc) is 2.38. The molecule has 86 valence electrons. The standard InChI is InChI=1S/C13H17NO2/c14-9-13-8-12(6-7-15-13)16-10-11-4-2-1-3-5-11/h1-5,9,12-14H,6-8,10H2. The van der Waals surface area contributed by atoms with E-state index in [1.807, 2.05) is 18.2 Å². The Labute approximate surface area is 95.9 Å². The highest BCUT2D eigenvalue weighted by Crippen LogP contribution is 2.17. The van der Waals surface area contributed by atoms with Crippen LogP contribution in [0, 0.1) is 5.41 Å². The fourth-order valence-corrected chi connectivity index (χ4v) is 1.85. The second kappa shape index (κ2) is 5.77. The topological polar surface area (TPSA) is 42.3 Å². The van der Waals surface area contributed by atoms with Gasteiger partial charge in [-0.2, -0.15) is 0 Å². The third kappa shape index (κ3) is 3.15. The van der Waals surface area contributed by atoms with E-state index in [0.29, 0.717) is 13.2 Å². The molecule has 1 aromatic carbocycles. The quantitative estimate of drug-likeness (QED) is 0.790. The van der Waals surface area contributed by atoms with Gasteiger partial charge in [-0.25, -0.2) is 0 Å². The predicted octanol–water partition coefficient (Wildman–Crippen LogP) is 2.40. The molecule has 3 heteroatoms. The van der Waals surface area contributed by atoms with Crippen molar-refractivity contribution in [2.75, 3.05) is 6.61 Å². The summed E-state index contributed by atoms with van der Waals surface area (Å²) >= 11 is 0. The van der Waals surface area contributed by atoms with Gasteiger partial charge in [0.05, 0.1) is 18.8 Å². The first kappa shape index (κ1) is 11.3. The van der Waals surface area contributed by atoms with Crippen LogP contribution in [0.25, 0.3) is 0 Å². The Bertz CT molecular complexity index is 326. The molecule has 3 nitrogen and oxygen atoms in total. The van der Waals surface area contributed by atoms with Crippen LogP contribution in [0.5, 0.6) is 0 Å². The van der Waals surface area contributed by atoms with Crippen LogP contribution in [-0.4, -0.2) is 25.0 Å². The Morgan fingerprint density at radius 1 is 1.38 bits per heavy atom. The fraction of sp³-hybridized carbons (Fsp3) is 0.462. The van der Waals surface area contributed by atoms with Crippen molar-refractivity contribution in [3.05, 3.63) is 35.9 Å². The van der Waals surface area contributed by atoms with E-state index in [-0.39, 0.29) is 12.2 Å². The van der Waals surface area contributed by atoms with Crippen LogP contribution in [0.2, 0.25) is 0 Å². The van der Waals surface area contributed by atoms with Crippen molar-refractivity contribution in [3.63, 3.8) is 0 Å². The molecule has 16 heavy (non-hydrogen) atoms. The molecule has 1 saturated heterocycles. The molecule has 1 N–H and O–H groups in total. The molecule has 0 aromatic heterocycles. The zero-order chi connectivity index (χ0) is 11.2. The monoisotopic (exact) mass is 219 g/mol. The molecule has 0 aliphatic carbocycles. The van der Waals surface area contributed by atoms with E-state index in [1.54, 1.807) is 0 Å². The van der Waals surface area contributed by atoms with Gasteiger partial charge in [0.15, 0.2) is 0 Å². The molecule has 1 aliphatic heterocycles. The van der Waals surface area contributed by atoms with Crippen LogP contribution in [0.3, 0.4) is 0 Å². The summed E-state index contributed by atoms with van der Waals surface area (Å²) in [4.78, 5) is 0. The van der Waals surface area contributed by atoms with Crippen LogP contribution in [0.4, 0.5) is 0 Å². The zero-order valence-corrected chi connectivity index (χ0v) is 9.26. The smallest absolute Gasteiger partial charge is 0.0943 e. The summed E-state index contributed by atoms with van der Waals surface area (Å²) in [7, 11) is 0. The average molecular weight is 219 g/mol. The normalized spacial score (nSPS) is 25.2. The van der Waals surface area contributed by atoms with E-state index in [2.05, 4.69) is 12.1 Å². The first-order valence-electron chi connectivity index (χ1n) is 5.66. The molecule has 0 saturated carbocycles. The molecule has 0 spiro atoms. The molecule has 0 amide bonds. The molecule has 1 aromatic rings. The highest BCUT2D eigenvalue weighted by molar-refractivity contribution is 5.59. The molecule has 1 fully saturated rings. The first-order chi connectivity index (χ1) is 7.88. The lowest BCUT2D eigenvalue weighted by Gasteiger charge is -2.27. The SMILES string of the molecule is N=CC1CC(OCc2ccccc2)CCO1. The third-order valence-electron chi connectivity index (χ3n) is 2.78. The molecule has 0 bridgehead atoms. The highest BCUT2D eigenvalue weighted by Gasteiger charge is 2.21. The largest absolute Gasteiger partial charge is 0.373 e. The van der Waals surface area contributed by atoms with Crippen LogP contribution in [0.1, 0.15) is 18.4 Å². The number of rotatable bonds is 4. The third-order valence-corrected chi connectivity index (χ3v) is 2.78. The number of hydrogen-bond acceptors (Lipinski definition) is 3. The summed E-state index contributed by atoms with van der Waals surface area (Å²) in [5.74, 6) is 0. The minimum atomic E-state index is -0.0606. The van der Waals surface area contributed by atoms with E-state index in [0.717, 1.165) is 12.8 Å². The maximum Gasteiger partial charge on any atom is 0.0943 e. The van der Waals surface area contributed by atoms with Gasteiger partial charge in [-0.3, -0.25) is 0 Å². The van der Waals surface area contributed by atoms with Crippen molar-refractivity contribution in [2.45, 2.75) is 31.7 Å². The molecule has 2 rings (SSSR count). The van der Waals surface area contributed by atoms with Crippen molar-refractivity contribution in [3.8, 4) is 0 Å². The molecule has 0 radical (unpaired) electrons. The summed E-state index contributed by atoms with van der Waals surface area (Å²) in [6.45, 7) is 1.34. The lowest BCUT2D eigenvalue weighted by atomic mass is 10.1. The molecule has 1 aliphatic rings. The summed E-state index contributed by atoms with van der Waals surface area (Å²) < 4.78 is 11.2. The predicted molar refractivity (Wildman–Crippen MR) is 62.8 cm³/mol. The Morgan fingerprint density at radius 2 is 2.19 bits per heavy atom. The molecule has 2 unspecified atom stereocenters. The van der Waals surface area contributed by atoms with E-state index in [4.69, 9.17) is 14.9 Å². The van der Waals surface area contributed by atoms with Crippen molar-refractivity contribution < 1.29 is 9.47 Å². The second-order valence-electron chi connectivity index (χ2n) is 4.02. The Hall–Kier alpha value is -1.19. The van der Waals surface area contributed by atoms with Crippen LogP contribution in [-0.2, 0) is 16.1 Å². The van der Waals surface area contributed by atoms with Crippen molar-refractivity contribution >= 4 is 6.21 Å². The molecule has 1 heterocycles. The number of nitrogens with one attached hydrogen (secondary N) is 1. The Balaban J connectivity index is 1.79. The summed E-state index contributed by atoms with van der Waals surface area (Å²) in [5.41, 5.74) is 1.19. The Kier molecular flexibility index (Phi) is 4.08. The van der Waals surface area contributed by atoms with Gasteiger partial charge < -0.3 is 14.9 Å². The van der Waals surface area contributed by atoms with Crippen molar-refractivity contribution in [2.24, 2.45) is 0 Å². The van der Waals surface area contributed by atoms with Crippen molar-refractivity contribution in [1.29, 1.82) is 5.41 Å². The van der Waals surface area contributed by atoms with Crippen molar-refractivity contribution in [1.82, 2.24) is 0 Å². The summed E-state index contributed by atoms with van der Waals surface area (Å²) in [6.07, 6.45) is 3.25. The lowest BCUT2D eigenvalue weighted by molar-refractivity contribution is -0.0551. The van der Waals surface area contributed by atoms with Crippen LogP contribution in [0.15, 0.2) is 30.3 Å². The minimum absolute atomic E-state index is 0.0606. The van der Waals surface area contributed by atoms with E-state index in [1.165, 1.54) is 11.8 Å². The van der Waals surface area contributed by atoms with Gasteiger partial charge in [-0.15, -0.1) is 0 Å². The van der Waals surface area contributed by atoms with Gasteiger partial charge >= 0.3 is 0 Å². The molecular weight excluding hydrogens is 202 g/mol. The number of ether oxygens (including phenoxy) is 2. The molecular formula is C13H17NO2. The first-order valence-corrected chi connectivity index (χ1v) is 5.66. The van der Waals surface area contributed by atoms with E-state index in [9.17, 15) is 0 Å². The molecule has 2 atom stereocenters. The minimum Gasteiger partial charge on any atom is -0.373 e. The summed E-state index contributed by atoms with van der Waals surface area (Å²) in [6, 6.07) is 10.2. The van der Waals surface area contributed by atoms with Gasteiger partial charge in [-0.05, 0) is 12.0 Å². The van der Waals surface area contributed by atoms with Gasteiger partial charge in [0, 0.05) is 19.2 Å². The van der Waals surface area contributed by atoms with E-state index < -0.39 is 0 Å². The fourth-order valence-electron chi connectivity index (χ4n) is 1.85. The van der Waals surface area contributed by atoms with Gasteiger partial charge in [0.2, 0.25) is 0 Å². The second-order valence-corrected chi connectivity index (χ2v) is 4.02. The van der Waals surface area contributed by atoms with Gasteiger partial charge in [0.25, 0.3) is 0 Å². The van der Waals surface area contributed by atoms with Crippen LogP contribution >= 0.6 is 0 Å². The highest BCUT2D eigenvalue weighted by atomic mass is 16.5. The van der Waals surface area contributed by atoms with Gasteiger partial charge in [-0.1, -0.05) is 30.3 Å². The van der Waals surface area contributed by atoms with E-state index >= 15 is 0 Å². The van der Waals surface area contributed by atoms with Crippen LogP contribution < -0.4 is 0 Å². The number of benzene rings is 1. The lowest BCUT2D eigenvalue weighted by Crippen LogP contribution is -2.31. The number of hydrogen-bond donors (Lipinski definition) is 1. The maximum atomic E-state index is 7.18. The maximum absolute atomic E-state index is 7.18. The van der Waals surface area contributed by atoms with Gasteiger partial charge in [0.1, 0.15) is 0 Å². The zero-order valence-electron chi connectivity index (χ0n) is 9.26. The summed E-state index contributed by atoms with van der Waals surface area (Å²) in [5, 5.41) is 7.18.